The summed E-state index contributed by atoms with van der Waals surface area (Å²) in [7, 11) is 1.60. The van der Waals surface area contributed by atoms with Crippen molar-refractivity contribution in [3.63, 3.8) is 0 Å². The lowest BCUT2D eigenvalue weighted by Gasteiger charge is -2.10. The summed E-state index contributed by atoms with van der Waals surface area (Å²) in [5.74, 6) is 0.235. The molecule has 0 saturated heterocycles. The average molecular weight is 167 g/mol. The summed E-state index contributed by atoms with van der Waals surface area (Å²) in [6, 6.07) is 6.72. The Hall–Kier alpha value is -1.06. The van der Waals surface area contributed by atoms with E-state index < -0.39 is 0 Å². The molecule has 0 amide bonds. The first kappa shape index (κ1) is 9.03. The standard InChI is InChI=1S/C9H13NO2/c1-12-6-9(10)7-3-2-4-8(11)5-7/h2-5,9,11H,6,10H2,1H3. The highest BCUT2D eigenvalue weighted by Gasteiger charge is 2.04. The van der Waals surface area contributed by atoms with E-state index in [2.05, 4.69) is 0 Å². The van der Waals surface area contributed by atoms with E-state index in [1.165, 1.54) is 0 Å². The van der Waals surface area contributed by atoms with E-state index in [4.69, 9.17) is 15.6 Å². The second-order valence-corrected chi connectivity index (χ2v) is 2.66. The summed E-state index contributed by atoms with van der Waals surface area (Å²) >= 11 is 0. The van der Waals surface area contributed by atoms with Crippen LogP contribution in [0, 0.1) is 0 Å². The molecule has 0 fully saturated rings. The summed E-state index contributed by atoms with van der Waals surface area (Å²) in [6.45, 7) is 0.462. The van der Waals surface area contributed by atoms with Gasteiger partial charge in [-0.1, -0.05) is 12.1 Å². The quantitative estimate of drug-likeness (QED) is 0.707. The minimum absolute atomic E-state index is 0.165. The van der Waals surface area contributed by atoms with Crippen LogP contribution in [-0.4, -0.2) is 18.8 Å². The molecule has 0 heterocycles. The molecule has 1 aromatic rings. The molecule has 3 heteroatoms. The zero-order valence-electron chi connectivity index (χ0n) is 7.03. The van der Waals surface area contributed by atoms with Gasteiger partial charge in [0, 0.05) is 7.11 Å². The van der Waals surface area contributed by atoms with E-state index in [0.29, 0.717) is 6.61 Å². The second-order valence-electron chi connectivity index (χ2n) is 2.66. The summed E-state index contributed by atoms with van der Waals surface area (Å²) in [5, 5.41) is 9.13. The SMILES string of the molecule is COCC(N)c1cccc(O)c1. The van der Waals surface area contributed by atoms with Gasteiger partial charge in [-0.2, -0.15) is 0 Å². The van der Waals surface area contributed by atoms with Crippen LogP contribution in [0.1, 0.15) is 11.6 Å². The minimum atomic E-state index is -0.165. The topological polar surface area (TPSA) is 55.5 Å². The summed E-state index contributed by atoms with van der Waals surface area (Å²) in [4.78, 5) is 0. The fraction of sp³-hybridized carbons (Fsp3) is 0.333. The Morgan fingerprint density at radius 2 is 2.33 bits per heavy atom. The molecular formula is C9H13NO2. The van der Waals surface area contributed by atoms with Gasteiger partial charge >= 0.3 is 0 Å². The van der Waals surface area contributed by atoms with Crippen LogP contribution in [-0.2, 0) is 4.74 Å². The number of phenols is 1. The Balaban J connectivity index is 2.73. The number of aromatic hydroxyl groups is 1. The van der Waals surface area contributed by atoms with E-state index in [9.17, 15) is 0 Å². The van der Waals surface area contributed by atoms with Crippen molar-refractivity contribution in [3.05, 3.63) is 29.8 Å². The Bertz CT molecular complexity index is 250. The van der Waals surface area contributed by atoms with Crippen LogP contribution in [0.2, 0.25) is 0 Å². The predicted molar refractivity (Wildman–Crippen MR) is 46.9 cm³/mol. The van der Waals surface area contributed by atoms with Gasteiger partial charge in [-0.15, -0.1) is 0 Å². The average Bonchev–Trinajstić information content (AvgIpc) is 2.05. The smallest absolute Gasteiger partial charge is 0.115 e. The number of rotatable bonds is 3. The highest BCUT2D eigenvalue weighted by molar-refractivity contribution is 5.29. The molecule has 0 aliphatic rings. The normalized spacial score (nSPS) is 12.8. The van der Waals surface area contributed by atoms with E-state index in [0.717, 1.165) is 5.56 Å². The lowest BCUT2D eigenvalue weighted by Crippen LogP contribution is -2.15. The van der Waals surface area contributed by atoms with Crippen LogP contribution in [0.25, 0.3) is 0 Å². The Labute approximate surface area is 71.8 Å². The molecule has 0 aromatic heterocycles. The third-order valence-corrected chi connectivity index (χ3v) is 1.64. The van der Waals surface area contributed by atoms with Gasteiger partial charge in [0.25, 0.3) is 0 Å². The van der Waals surface area contributed by atoms with Gasteiger partial charge in [0.05, 0.1) is 12.6 Å². The number of benzene rings is 1. The Morgan fingerprint density at radius 3 is 2.92 bits per heavy atom. The predicted octanol–water partition coefficient (Wildman–Crippen LogP) is 1.04. The first-order valence-electron chi connectivity index (χ1n) is 3.77. The Morgan fingerprint density at radius 1 is 1.58 bits per heavy atom. The zero-order valence-corrected chi connectivity index (χ0v) is 7.03. The minimum Gasteiger partial charge on any atom is -0.508 e. The van der Waals surface area contributed by atoms with Gasteiger partial charge in [0.2, 0.25) is 0 Å². The fourth-order valence-corrected chi connectivity index (χ4v) is 1.03. The molecule has 3 N–H and O–H groups in total. The van der Waals surface area contributed by atoms with Crippen LogP contribution in [0.15, 0.2) is 24.3 Å². The molecule has 1 rings (SSSR count). The number of phenolic OH excluding ortho intramolecular Hbond substituents is 1. The molecule has 1 unspecified atom stereocenters. The van der Waals surface area contributed by atoms with Crippen LogP contribution in [0.4, 0.5) is 0 Å². The van der Waals surface area contributed by atoms with Crippen molar-refractivity contribution in [2.24, 2.45) is 5.73 Å². The molecule has 0 bridgehead atoms. The lowest BCUT2D eigenvalue weighted by atomic mass is 10.1. The second kappa shape index (κ2) is 4.09. The maximum absolute atomic E-state index is 9.13. The van der Waals surface area contributed by atoms with Crippen molar-refractivity contribution < 1.29 is 9.84 Å². The van der Waals surface area contributed by atoms with E-state index in [-0.39, 0.29) is 11.8 Å². The third-order valence-electron chi connectivity index (χ3n) is 1.64. The third kappa shape index (κ3) is 2.22. The number of ether oxygens (including phenoxy) is 1. The molecule has 66 valence electrons. The van der Waals surface area contributed by atoms with Gasteiger partial charge in [-0.05, 0) is 17.7 Å². The van der Waals surface area contributed by atoms with Crippen LogP contribution in [0.3, 0.4) is 0 Å². The Kier molecular flexibility index (Phi) is 3.08. The highest BCUT2D eigenvalue weighted by Crippen LogP contribution is 2.16. The lowest BCUT2D eigenvalue weighted by molar-refractivity contribution is 0.181. The van der Waals surface area contributed by atoms with Crippen molar-refractivity contribution in [1.29, 1.82) is 0 Å². The summed E-state index contributed by atoms with van der Waals surface area (Å²) in [5.41, 5.74) is 6.62. The maximum Gasteiger partial charge on any atom is 0.115 e. The maximum atomic E-state index is 9.13. The summed E-state index contributed by atoms with van der Waals surface area (Å²) in [6.07, 6.45) is 0. The van der Waals surface area contributed by atoms with Crippen LogP contribution in [0.5, 0.6) is 5.75 Å². The van der Waals surface area contributed by atoms with Crippen molar-refractivity contribution in [2.45, 2.75) is 6.04 Å². The largest absolute Gasteiger partial charge is 0.508 e. The monoisotopic (exact) mass is 167 g/mol. The number of hydrogen-bond donors (Lipinski definition) is 2. The van der Waals surface area contributed by atoms with Crippen LogP contribution >= 0.6 is 0 Å². The van der Waals surface area contributed by atoms with Gasteiger partial charge in [0.15, 0.2) is 0 Å². The van der Waals surface area contributed by atoms with Gasteiger partial charge in [0.1, 0.15) is 5.75 Å². The van der Waals surface area contributed by atoms with E-state index >= 15 is 0 Å². The first-order valence-corrected chi connectivity index (χ1v) is 3.77. The first-order chi connectivity index (χ1) is 5.74. The van der Waals surface area contributed by atoms with Gasteiger partial charge in [-0.25, -0.2) is 0 Å². The van der Waals surface area contributed by atoms with E-state index in [1.807, 2.05) is 6.07 Å². The van der Waals surface area contributed by atoms with Crippen molar-refractivity contribution in [3.8, 4) is 5.75 Å². The number of nitrogens with two attached hydrogens (primary N) is 1. The zero-order chi connectivity index (χ0) is 8.97. The fourth-order valence-electron chi connectivity index (χ4n) is 1.03. The molecule has 3 nitrogen and oxygen atoms in total. The van der Waals surface area contributed by atoms with Gasteiger partial charge < -0.3 is 15.6 Å². The highest BCUT2D eigenvalue weighted by atomic mass is 16.5. The van der Waals surface area contributed by atoms with E-state index in [1.54, 1.807) is 25.3 Å². The molecule has 0 radical (unpaired) electrons. The van der Waals surface area contributed by atoms with Crippen LogP contribution < -0.4 is 5.73 Å². The molecule has 12 heavy (non-hydrogen) atoms. The number of methoxy groups -OCH3 is 1. The molecule has 1 aromatic carbocycles. The summed E-state index contributed by atoms with van der Waals surface area (Å²) < 4.78 is 4.89. The molecule has 0 aliphatic heterocycles. The molecule has 0 spiro atoms. The number of hydrogen-bond acceptors (Lipinski definition) is 3. The van der Waals surface area contributed by atoms with Crippen molar-refractivity contribution in [1.82, 2.24) is 0 Å². The molecule has 1 atom stereocenters. The molecule has 0 saturated carbocycles. The molecular weight excluding hydrogens is 154 g/mol. The van der Waals surface area contributed by atoms with Crippen molar-refractivity contribution in [2.75, 3.05) is 13.7 Å². The van der Waals surface area contributed by atoms with Crippen molar-refractivity contribution >= 4 is 0 Å². The molecule has 0 aliphatic carbocycles. The van der Waals surface area contributed by atoms with Gasteiger partial charge in [-0.3, -0.25) is 0 Å².